The smallest absolute Gasteiger partial charge is 0.290 e. The molecule has 2 aromatic heterocycles. The fraction of sp³-hybridized carbons (Fsp3) is 0.471. The van der Waals surface area contributed by atoms with E-state index in [0.29, 0.717) is 5.76 Å². The van der Waals surface area contributed by atoms with Crippen LogP contribution >= 0.6 is 0 Å². The molecule has 2 aliphatic heterocycles. The molecule has 2 aromatic rings. The second kappa shape index (κ2) is 5.37. The van der Waals surface area contributed by atoms with Crippen LogP contribution < -0.4 is 4.90 Å². The Morgan fingerprint density at radius 3 is 2.48 bits per heavy atom. The number of piperidine rings is 1. The number of furan rings is 1. The van der Waals surface area contributed by atoms with Gasteiger partial charge in [0.05, 0.1) is 12.0 Å². The quantitative estimate of drug-likeness (QED) is 0.851. The van der Waals surface area contributed by atoms with Crippen LogP contribution in [0.15, 0.2) is 34.9 Å². The molecule has 4 rings (SSSR count). The van der Waals surface area contributed by atoms with Gasteiger partial charge in [0.15, 0.2) is 11.6 Å². The Hall–Kier alpha value is -2.37. The van der Waals surface area contributed by atoms with Gasteiger partial charge < -0.3 is 14.2 Å². The molecule has 6 nitrogen and oxygen atoms in total. The van der Waals surface area contributed by atoms with Crippen molar-refractivity contribution in [1.29, 1.82) is 0 Å². The number of hydrogen-bond donors (Lipinski definition) is 0. The van der Waals surface area contributed by atoms with Crippen LogP contribution in [0.25, 0.3) is 0 Å². The summed E-state index contributed by atoms with van der Waals surface area (Å²) in [4.78, 5) is 16.8. The molecule has 2 saturated heterocycles. The molecule has 0 aliphatic carbocycles. The minimum atomic E-state index is -0.00149. The number of amides is 1. The van der Waals surface area contributed by atoms with Gasteiger partial charge >= 0.3 is 0 Å². The Kier molecular flexibility index (Phi) is 3.32. The lowest BCUT2D eigenvalue weighted by atomic mass is 9.76. The predicted molar refractivity (Wildman–Crippen MR) is 85.3 cm³/mol. The van der Waals surface area contributed by atoms with Crippen LogP contribution in [-0.2, 0) is 0 Å². The number of aromatic nitrogens is 2. The van der Waals surface area contributed by atoms with E-state index in [4.69, 9.17) is 4.42 Å². The summed E-state index contributed by atoms with van der Waals surface area (Å²) in [6.07, 6.45) is 4.56. The van der Waals surface area contributed by atoms with Crippen molar-refractivity contribution >= 4 is 11.7 Å². The molecule has 1 spiro atoms. The molecule has 2 aliphatic rings. The molecule has 23 heavy (non-hydrogen) atoms. The van der Waals surface area contributed by atoms with Crippen LogP contribution in [0, 0.1) is 6.92 Å². The van der Waals surface area contributed by atoms with E-state index in [1.54, 1.807) is 18.4 Å². The highest BCUT2D eigenvalue weighted by Gasteiger charge is 2.49. The average Bonchev–Trinajstić information content (AvgIpc) is 3.09. The molecular formula is C17H20N4O2. The average molecular weight is 312 g/mol. The van der Waals surface area contributed by atoms with Crippen LogP contribution in [0.5, 0.6) is 0 Å². The zero-order chi connectivity index (χ0) is 15.9. The highest BCUT2D eigenvalue weighted by atomic mass is 16.3. The van der Waals surface area contributed by atoms with Crippen molar-refractivity contribution in [3.8, 4) is 0 Å². The summed E-state index contributed by atoms with van der Waals surface area (Å²) in [5.41, 5.74) is 0.926. The summed E-state index contributed by atoms with van der Waals surface area (Å²) >= 11 is 0. The van der Waals surface area contributed by atoms with Gasteiger partial charge in [0, 0.05) is 25.2 Å². The zero-order valence-corrected chi connectivity index (χ0v) is 13.2. The van der Waals surface area contributed by atoms with Crippen molar-refractivity contribution in [3.63, 3.8) is 0 Å². The Labute approximate surface area is 135 Å². The molecule has 0 radical (unpaired) electrons. The molecule has 1 amide bonds. The molecule has 0 saturated carbocycles. The van der Waals surface area contributed by atoms with Crippen LogP contribution in [-0.4, -0.2) is 46.2 Å². The summed E-state index contributed by atoms with van der Waals surface area (Å²) in [6, 6.07) is 7.51. The molecule has 0 atom stereocenters. The summed E-state index contributed by atoms with van der Waals surface area (Å²) in [6.45, 7) is 4.57. The monoisotopic (exact) mass is 312 g/mol. The van der Waals surface area contributed by atoms with Crippen molar-refractivity contribution in [3.05, 3.63) is 42.0 Å². The SMILES string of the molecule is Cc1ccc(N2CCC3(CC2)CCN3C(=O)c2ccco2)nn1. The number of aryl methyl sites for hydroxylation is 1. The van der Waals surface area contributed by atoms with Gasteiger partial charge in [-0.3, -0.25) is 4.79 Å². The van der Waals surface area contributed by atoms with E-state index in [9.17, 15) is 4.79 Å². The first-order valence-corrected chi connectivity index (χ1v) is 8.09. The second-order valence-electron chi connectivity index (χ2n) is 6.43. The van der Waals surface area contributed by atoms with E-state index in [1.807, 2.05) is 24.0 Å². The van der Waals surface area contributed by atoms with Crippen molar-refractivity contribution in [2.24, 2.45) is 0 Å². The van der Waals surface area contributed by atoms with Crippen LogP contribution in [0.2, 0.25) is 0 Å². The number of anilines is 1. The second-order valence-corrected chi connectivity index (χ2v) is 6.43. The first-order valence-electron chi connectivity index (χ1n) is 8.09. The summed E-state index contributed by atoms with van der Waals surface area (Å²) in [5.74, 6) is 1.38. The number of rotatable bonds is 2. The first kappa shape index (κ1) is 14.2. The molecule has 120 valence electrons. The van der Waals surface area contributed by atoms with Gasteiger partial charge in [0.25, 0.3) is 5.91 Å². The third-order valence-corrected chi connectivity index (χ3v) is 5.15. The normalized spacial score (nSPS) is 19.7. The summed E-state index contributed by atoms with van der Waals surface area (Å²) in [5, 5.41) is 8.40. The molecule has 4 heterocycles. The lowest BCUT2D eigenvalue weighted by molar-refractivity contribution is -0.0184. The van der Waals surface area contributed by atoms with Crippen LogP contribution in [0.3, 0.4) is 0 Å². The maximum atomic E-state index is 12.5. The Morgan fingerprint density at radius 2 is 1.91 bits per heavy atom. The number of carbonyl (C=O) groups is 1. The van der Waals surface area contributed by atoms with Gasteiger partial charge in [-0.05, 0) is 50.5 Å². The predicted octanol–water partition coefficient (Wildman–Crippen LogP) is 2.26. The molecule has 0 bridgehead atoms. The lowest BCUT2D eigenvalue weighted by Gasteiger charge is -2.56. The highest BCUT2D eigenvalue weighted by molar-refractivity contribution is 5.92. The third kappa shape index (κ3) is 2.38. The fourth-order valence-electron chi connectivity index (χ4n) is 3.62. The van der Waals surface area contributed by atoms with Crippen molar-refractivity contribution in [2.45, 2.75) is 31.7 Å². The Bertz CT molecular complexity index is 688. The minimum Gasteiger partial charge on any atom is -0.459 e. The van der Waals surface area contributed by atoms with Crippen molar-refractivity contribution in [2.75, 3.05) is 24.5 Å². The maximum Gasteiger partial charge on any atom is 0.290 e. The van der Waals surface area contributed by atoms with Crippen LogP contribution in [0.1, 0.15) is 35.5 Å². The number of hydrogen-bond acceptors (Lipinski definition) is 5. The molecule has 6 heteroatoms. The third-order valence-electron chi connectivity index (χ3n) is 5.15. The molecule has 2 fully saturated rings. The number of nitrogens with zero attached hydrogens (tertiary/aromatic N) is 4. The maximum absolute atomic E-state index is 12.5. The van der Waals surface area contributed by atoms with E-state index in [-0.39, 0.29) is 11.4 Å². The van der Waals surface area contributed by atoms with Crippen LogP contribution in [0.4, 0.5) is 5.82 Å². The van der Waals surface area contributed by atoms with E-state index < -0.39 is 0 Å². The molecular weight excluding hydrogens is 292 g/mol. The van der Waals surface area contributed by atoms with E-state index in [1.165, 1.54) is 0 Å². The number of likely N-dealkylation sites (tertiary alicyclic amines) is 1. The fourth-order valence-corrected chi connectivity index (χ4v) is 3.62. The van der Waals surface area contributed by atoms with Gasteiger partial charge in [-0.1, -0.05) is 0 Å². The zero-order valence-electron chi connectivity index (χ0n) is 13.2. The van der Waals surface area contributed by atoms with Crippen molar-refractivity contribution in [1.82, 2.24) is 15.1 Å². The van der Waals surface area contributed by atoms with Gasteiger partial charge in [0.1, 0.15) is 0 Å². The molecule has 0 unspecified atom stereocenters. The summed E-state index contributed by atoms with van der Waals surface area (Å²) < 4.78 is 5.27. The van der Waals surface area contributed by atoms with Gasteiger partial charge in [0.2, 0.25) is 0 Å². The van der Waals surface area contributed by atoms with Gasteiger partial charge in [-0.25, -0.2) is 0 Å². The lowest BCUT2D eigenvalue weighted by Crippen LogP contribution is -2.65. The van der Waals surface area contributed by atoms with Crippen molar-refractivity contribution < 1.29 is 9.21 Å². The Morgan fingerprint density at radius 1 is 1.13 bits per heavy atom. The minimum absolute atomic E-state index is 0.00149. The highest BCUT2D eigenvalue weighted by Crippen LogP contribution is 2.41. The van der Waals surface area contributed by atoms with E-state index in [2.05, 4.69) is 15.1 Å². The van der Waals surface area contributed by atoms with Gasteiger partial charge in [-0.2, -0.15) is 5.10 Å². The summed E-state index contributed by atoms with van der Waals surface area (Å²) in [7, 11) is 0. The topological polar surface area (TPSA) is 62.5 Å². The van der Waals surface area contributed by atoms with Gasteiger partial charge in [-0.15, -0.1) is 5.10 Å². The molecule has 0 N–H and O–H groups in total. The van der Waals surface area contributed by atoms with E-state index in [0.717, 1.165) is 50.4 Å². The first-order chi connectivity index (χ1) is 11.2. The molecule has 0 aromatic carbocycles. The largest absolute Gasteiger partial charge is 0.459 e. The Balaban J connectivity index is 1.44. The standard InChI is InChI=1S/C17H20N4O2/c1-13-4-5-15(19-18-13)20-9-6-17(7-10-20)8-11-21(17)16(22)14-3-2-12-23-14/h2-5,12H,6-11H2,1H3. The van der Waals surface area contributed by atoms with E-state index >= 15 is 0 Å². The number of carbonyl (C=O) groups excluding carboxylic acids is 1.